The zero-order chi connectivity index (χ0) is 7.72. The smallest absolute Gasteiger partial charge is 0.116 e. The van der Waals surface area contributed by atoms with E-state index in [4.69, 9.17) is 10.8 Å². The van der Waals surface area contributed by atoms with Crippen LogP contribution in [0.1, 0.15) is 22.6 Å². The Kier molecular flexibility index (Phi) is 1.55. The lowest BCUT2D eigenvalue weighted by Crippen LogP contribution is -1.76. The monoisotopic (exact) mass is 134 g/mol. The molecular formula is C9H10O. The van der Waals surface area contributed by atoms with Crippen molar-refractivity contribution in [3.05, 3.63) is 22.6 Å². The molecule has 0 atom stereocenters. The molecule has 1 nitrogen and oxygen atoms in total. The quantitative estimate of drug-likeness (QED) is 0.496. The molecule has 10 heavy (non-hydrogen) atoms. The lowest BCUT2D eigenvalue weighted by atomic mass is 10.1. The van der Waals surface area contributed by atoms with Crippen molar-refractivity contribution in [2.24, 2.45) is 0 Å². The van der Waals surface area contributed by atoms with E-state index >= 15 is 0 Å². The summed E-state index contributed by atoms with van der Waals surface area (Å²) in [5.41, 5.74) is 1.98. The molecule has 0 fully saturated rings. The highest BCUT2D eigenvalue weighted by atomic mass is 16.3. The molecular weight excluding hydrogens is 124 g/mol. The third-order valence-electron chi connectivity index (χ3n) is 1.71. The van der Waals surface area contributed by atoms with Crippen molar-refractivity contribution in [1.82, 2.24) is 0 Å². The van der Waals surface area contributed by atoms with Crippen molar-refractivity contribution in [2.45, 2.75) is 20.8 Å². The first-order valence-corrected chi connectivity index (χ1v) is 3.20. The van der Waals surface area contributed by atoms with E-state index in [2.05, 4.69) is 5.92 Å². The second-order valence-corrected chi connectivity index (χ2v) is 2.36. The maximum absolute atomic E-state index is 5.29. The van der Waals surface area contributed by atoms with Crippen LogP contribution in [0.3, 0.4) is 0 Å². The van der Waals surface area contributed by atoms with Crippen LogP contribution in [0, 0.1) is 33.1 Å². The Morgan fingerprint density at radius 3 is 2.00 bits per heavy atom. The Hall–Kier alpha value is -1.16. The van der Waals surface area contributed by atoms with Crippen molar-refractivity contribution in [2.75, 3.05) is 0 Å². The Balaban J connectivity index is 3.37. The third kappa shape index (κ3) is 0.823. The minimum absolute atomic E-state index is 0.845. The normalized spacial score (nSPS) is 9.40. The maximum atomic E-state index is 5.29. The van der Waals surface area contributed by atoms with Gasteiger partial charge in [-0.2, -0.15) is 0 Å². The van der Waals surface area contributed by atoms with E-state index in [1.54, 1.807) is 0 Å². The molecule has 0 radical (unpaired) electrons. The van der Waals surface area contributed by atoms with E-state index in [-0.39, 0.29) is 0 Å². The SMILES string of the molecule is C#Cc1c(C)oc(C)c1C. The second-order valence-electron chi connectivity index (χ2n) is 2.36. The van der Waals surface area contributed by atoms with Gasteiger partial charge in [0.1, 0.15) is 11.5 Å². The molecule has 1 heteroatoms. The van der Waals surface area contributed by atoms with Gasteiger partial charge in [0, 0.05) is 5.56 Å². The summed E-state index contributed by atoms with van der Waals surface area (Å²) in [6, 6.07) is 0. The summed E-state index contributed by atoms with van der Waals surface area (Å²) in [6.45, 7) is 5.78. The summed E-state index contributed by atoms with van der Waals surface area (Å²) in [5.74, 6) is 4.36. The molecule has 0 saturated carbocycles. The van der Waals surface area contributed by atoms with E-state index < -0.39 is 0 Å². The fourth-order valence-corrected chi connectivity index (χ4v) is 1.01. The maximum Gasteiger partial charge on any atom is 0.116 e. The van der Waals surface area contributed by atoms with Gasteiger partial charge in [-0.3, -0.25) is 0 Å². The molecule has 1 rings (SSSR count). The van der Waals surface area contributed by atoms with Crippen LogP contribution in [0.4, 0.5) is 0 Å². The van der Waals surface area contributed by atoms with Crippen LogP contribution in [-0.2, 0) is 0 Å². The van der Waals surface area contributed by atoms with Crippen LogP contribution in [0.2, 0.25) is 0 Å². The number of aryl methyl sites for hydroxylation is 2. The molecule has 1 aromatic rings. The van der Waals surface area contributed by atoms with Gasteiger partial charge in [-0.15, -0.1) is 6.42 Å². The first-order chi connectivity index (χ1) is 4.66. The molecule has 1 aromatic heterocycles. The zero-order valence-corrected chi connectivity index (χ0v) is 6.49. The number of hydrogen-bond acceptors (Lipinski definition) is 1. The topological polar surface area (TPSA) is 13.1 Å². The van der Waals surface area contributed by atoms with Gasteiger partial charge >= 0.3 is 0 Å². The molecule has 0 amide bonds. The average molecular weight is 134 g/mol. The van der Waals surface area contributed by atoms with Crippen LogP contribution < -0.4 is 0 Å². The van der Waals surface area contributed by atoms with E-state index in [9.17, 15) is 0 Å². The van der Waals surface area contributed by atoms with Crippen molar-refractivity contribution < 1.29 is 4.42 Å². The second kappa shape index (κ2) is 2.22. The lowest BCUT2D eigenvalue weighted by molar-refractivity contribution is 0.502. The molecule has 0 bridgehead atoms. The predicted molar refractivity (Wildman–Crippen MR) is 40.9 cm³/mol. The van der Waals surface area contributed by atoms with Crippen LogP contribution in [-0.4, -0.2) is 0 Å². The standard InChI is InChI=1S/C9H10O/c1-5-9-6(2)7(3)10-8(9)4/h1H,2-4H3. The Morgan fingerprint density at radius 2 is 1.80 bits per heavy atom. The minimum Gasteiger partial charge on any atom is -0.465 e. The Bertz CT molecular complexity index is 286. The van der Waals surface area contributed by atoms with Gasteiger partial charge in [-0.1, -0.05) is 5.92 Å². The van der Waals surface area contributed by atoms with Gasteiger partial charge in [-0.25, -0.2) is 0 Å². The summed E-state index contributed by atoms with van der Waals surface area (Å²) in [6.07, 6.45) is 5.25. The molecule has 0 aromatic carbocycles. The van der Waals surface area contributed by atoms with Gasteiger partial charge in [0.2, 0.25) is 0 Å². The Morgan fingerprint density at radius 1 is 1.20 bits per heavy atom. The number of terminal acetylenes is 1. The first kappa shape index (κ1) is 6.95. The third-order valence-corrected chi connectivity index (χ3v) is 1.71. The summed E-state index contributed by atoms with van der Waals surface area (Å²) in [7, 11) is 0. The Labute approximate surface area is 61.0 Å². The molecule has 0 aliphatic rings. The van der Waals surface area contributed by atoms with Gasteiger partial charge in [0.05, 0.1) is 5.56 Å². The largest absolute Gasteiger partial charge is 0.465 e. The van der Waals surface area contributed by atoms with Crippen LogP contribution in [0.5, 0.6) is 0 Å². The highest BCUT2D eigenvalue weighted by Crippen LogP contribution is 2.18. The van der Waals surface area contributed by atoms with Gasteiger partial charge in [-0.05, 0) is 20.8 Å². The molecule has 0 aliphatic carbocycles. The number of rotatable bonds is 0. The van der Waals surface area contributed by atoms with Crippen LogP contribution in [0.15, 0.2) is 4.42 Å². The molecule has 0 saturated heterocycles. The fourth-order valence-electron chi connectivity index (χ4n) is 1.01. The van der Waals surface area contributed by atoms with Crippen LogP contribution >= 0.6 is 0 Å². The molecule has 0 unspecified atom stereocenters. The summed E-state index contributed by atoms with van der Waals surface area (Å²) >= 11 is 0. The lowest BCUT2D eigenvalue weighted by Gasteiger charge is -1.84. The van der Waals surface area contributed by atoms with Crippen LogP contribution in [0.25, 0.3) is 0 Å². The van der Waals surface area contributed by atoms with Crippen molar-refractivity contribution in [1.29, 1.82) is 0 Å². The van der Waals surface area contributed by atoms with E-state index in [0.29, 0.717) is 0 Å². The van der Waals surface area contributed by atoms with Gasteiger partial charge in [0.15, 0.2) is 0 Å². The van der Waals surface area contributed by atoms with E-state index in [1.165, 1.54) is 0 Å². The summed E-state index contributed by atoms with van der Waals surface area (Å²) in [4.78, 5) is 0. The van der Waals surface area contributed by atoms with Crippen molar-refractivity contribution in [3.8, 4) is 12.3 Å². The molecule has 0 spiro atoms. The summed E-state index contributed by atoms with van der Waals surface area (Å²) < 4.78 is 5.29. The highest BCUT2D eigenvalue weighted by Gasteiger charge is 2.06. The van der Waals surface area contributed by atoms with E-state index in [0.717, 1.165) is 22.6 Å². The number of hydrogen-bond donors (Lipinski definition) is 0. The molecule has 0 aliphatic heterocycles. The fraction of sp³-hybridized carbons (Fsp3) is 0.333. The predicted octanol–water partition coefficient (Wildman–Crippen LogP) is 2.19. The first-order valence-electron chi connectivity index (χ1n) is 3.20. The average Bonchev–Trinajstić information content (AvgIpc) is 2.09. The molecule has 52 valence electrons. The van der Waals surface area contributed by atoms with Crippen molar-refractivity contribution in [3.63, 3.8) is 0 Å². The van der Waals surface area contributed by atoms with Gasteiger partial charge in [0.25, 0.3) is 0 Å². The van der Waals surface area contributed by atoms with Crippen molar-refractivity contribution >= 4 is 0 Å². The van der Waals surface area contributed by atoms with E-state index in [1.807, 2.05) is 20.8 Å². The summed E-state index contributed by atoms with van der Waals surface area (Å²) in [5, 5.41) is 0. The minimum atomic E-state index is 0.845. The zero-order valence-electron chi connectivity index (χ0n) is 6.49. The van der Waals surface area contributed by atoms with Gasteiger partial charge < -0.3 is 4.42 Å². The molecule has 0 N–H and O–H groups in total. The highest BCUT2D eigenvalue weighted by molar-refractivity contribution is 5.43. The number of furan rings is 1. The molecule has 1 heterocycles.